The monoisotopic (exact) mass is 242 g/mol. The third kappa shape index (κ3) is 1.37. The third-order valence-electron chi connectivity index (χ3n) is 3.19. The van der Waals surface area contributed by atoms with Crippen molar-refractivity contribution in [1.29, 1.82) is 10.5 Å². The summed E-state index contributed by atoms with van der Waals surface area (Å²) < 4.78 is 50.6. The van der Waals surface area contributed by atoms with Gasteiger partial charge in [0.25, 0.3) is 6.43 Å². The summed E-state index contributed by atoms with van der Waals surface area (Å²) in [5, 5.41) is 17.7. The van der Waals surface area contributed by atoms with Crippen molar-refractivity contribution < 1.29 is 17.6 Å². The Kier molecular flexibility index (Phi) is 2.46. The zero-order chi connectivity index (χ0) is 12.8. The Bertz CT molecular complexity index is 479. The average molecular weight is 242 g/mol. The predicted molar refractivity (Wildman–Crippen MR) is 48.8 cm³/mol. The smallest absolute Gasteiger partial charge is 0.210 e. The van der Waals surface area contributed by atoms with Crippen molar-refractivity contribution in [3.05, 3.63) is 23.3 Å². The molecular formula is C11H6F4N2. The molecule has 88 valence electrons. The fraction of sp³-hybridized carbons (Fsp3) is 0.455. The van der Waals surface area contributed by atoms with E-state index in [4.69, 9.17) is 10.5 Å². The molecule has 2 nitrogen and oxygen atoms in total. The van der Waals surface area contributed by atoms with Crippen LogP contribution in [-0.4, -0.2) is 12.9 Å². The van der Waals surface area contributed by atoms with Crippen molar-refractivity contribution in [3.8, 4) is 12.1 Å². The Hall–Kier alpha value is -1.82. The van der Waals surface area contributed by atoms with Crippen molar-refractivity contribution in [1.82, 2.24) is 0 Å². The number of halogens is 4. The molecule has 17 heavy (non-hydrogen) atoms. The van der Waals surface area contributed by atoms with Gasteiger partial charge < -0.3 is 0 Å². The number of nitrogens with zero attached hydrogens (tertiary/aromatic N) is 2. The highest BCUT2D eigenvalue weighted by Crippen LogP contribution is 2.66. The highest BCUT2D eigenvalue weighted by molar-refractivity contribution is 5.61. The van der Waals surface area contributed by atoms with Crippen LogP contribution in [0.1, 0.15) is 0 Å². The first-order chi connectivity index (χ1) is 7.99. The molecule has 2 rings (SSSR count). The molecule has 0 aromatic heterocycles. The molecule has 0 heterocycles. The lowest BCUT2D eigenvalue weighted by molar-refractivity contribution is 0.0867. The van der Waals surface area contributed by atoms with Crippen LogP contribution in [0.2, 0.25) is 0 Å². The largest absolute Gasteiger partial charge is 0.263 e. The Labute approximate surface area is 94.4 Å². The topological polar surface area (TPSA) is 47.6 Å². The number of fused-ring (bicyclic) bond motifs is 1. The number of rotatable bonds is 2. The van der Waals surface area contributed by atoms with Crippen LogP contribution in [0.3, 0.4) is 0 Å². The number of nitriles is 2. The summed E-state index contributed by atoms with van der Waals surface area (Å²) in [5.41, 5.74) is -2.39. The van der Waals surface area contributed by atoms with E-state index in [1.165, 1.54) is 0 Å². The molecule has 0 aromatic carbocycles. The summed E-state index contributed by atoms with van der Waals surface area (Å²) in [6.07, 6.45) is -3.75. The Balaban J connectivity index is 2.50. The van der Waals surface area contributed by atoms with Gasteiger partial charge in [-0.1, -0.05) is 12.2 Å². The lowest BCUT2D eigenvalue weighted by atomic mass is 9.94. The molecule has 2 atom stereocenters. The van der Waals surface area contributed by atoms with Crippen LogP contribution >= 0.6 is 0 Å². The SMILES string of the molecule is N#CC1(C#N)C2=C(C(F)F)C=CC(C(F)F)C21. The second kappa shape index (κ2) is 3.59. The van der Waals surface area contributed by atoms with Crippen LogP contribution < -0.4 is 0 Å². The molecule has 2 aliphatic rings. The normalized spacial score (nSPS) is 28.9. The van der Waals surface area contributed by atoms with Crippen molar-refractivity contribution in [2.45, 2.75) is 12.9 Å². The van der Waals surface area contributed by atoms with E-state index in [0.717, 1.165) is 12.2 Å². The first-order valence-corrected chi connectivity index (χ1v) is 4.81. The van der Waals surface area contributed by atoms with Gasteiger partial charge in [0.15, 0.2) is 5.41 Å². The van der Waals surface area contributed by atoms with Gasteiger partial charge in [-0.3, -0.25) is 0 Å². The number of hydrogen-bond acceptors (Lipinski definition) is 2. The standard InChI is InChI=1S/C11H6F4N2/c12-9(13)5-1-2-6(10(14)15)8-7(5)11(8,3-16)4-17/h1-2,5,7,9-10H. The van der Waals surface area contributed by atoms with Crippen molar-refractivity contribution in [3.63, 3.8) is 0 Å². The molecule has 0 N–H and O–H groups in total. The van der Waals surface area contributed by atoms with Gasteiger partial charge in [-0.2, -0.15) is 10.5 Å². The summed E-state index contributed by atoms with van der Waals surface area (Å²) in [7, 11) is 0. The summed E-state index contributed by atoms with van der Waals surface area (Å²) in [5.74, 6) is -2.42. The number of hydrogen-bond donors (Lipinski definition) is 0. The first kappa shape index (κ1) is 11.7. The minimum atomic E-state index is -2.86. The van der Waals surface area contributed by atoms with Crippen LogP contribution in [0.5, 0.6) is 0 Å². The zero-order valence-corrected chi connectivity index (χ0v) is 8.37. The highest BCUT2D eigenvalue weighted by Gasteiger charge is 2.68. The fourth-order valence-corrected chi connectivity index (χ4v) is 2.36. The maximum atomic E-state index is 12.7. The van der Waals surface area contributed by atoms with E-state index in [1.807, 2.05) is 0 Å². The fourth-order valence-electron chi connectivity index (χ4n) is 2.36. The first-order valence-electron chi connectivity index (χ1n) is 4.81. The molecule has 0 amide bonds. The van der Waals surface area contributed by atoms with E-state index in [0.29, 0.717) is 0 Å². The van der Waals surface area contributed by atoms with Crippen LogP contribution in [0.4, 0.5) is 17.6 Å². The van der Waals surface area contributed by atoms with Gasteiger partial charge in [0, 0.05) is 17.4 Å². The summed E-state index contributed by atoms with van der Waals surface area (Å²) >= 11 is 0. The molecule has 1 saturated carbocycles. The molecule has 1 fully saturated rings. The minimum absolute atomic E-state index is 0.134. The van der Waals surface area contributed by atoms with Gasteiger partial charge in [0.2, 0.25) is 6.43 Å². The van der Waals surface area contributed by atoms with Crippen LogP contribution in [0.25, 0.3) is 0 Å². The van der Waals surface area contributed by atoms with Crippen LogP contribution in [0, 0.1) is 39.9 Å². The molecule has 0 spiro atoms. The van der Waals surface area contributed by atoms with Crippen molar-refractivity contribution in [2.75, 3.05) is 0 Å². The minimum Gasteiger partial charge on any atom is -0.210 e. The van der Waals surface area contributed by atoms with E-state index in [1.54, 1.807) is 12.1 Å². The second-order valence-electron chi connectivity index (χ2n) is 3.95. The van der Waals surface area contributed by atoms with E-state index >= 15 is 0 Å². The number of alkyl halides is 4. The molecule has 0 radical (unpaired) electrons. The summed E-state index contributed by atoms with van der Waals surface area (Å²) in [6, 6.07) is 3.18. The lowest BCUT2D eigenvalue weighted by Crippen LogP contribution is -2.16. The molecular weight excluding hydrogens is 236 g/mol. The molecule has 6 heteroatoms. The van der Waals surface area contributed by atoms with Gasteiger partial charge in [-0.05, 0) is 5.57 Å². The van der Waals surface area contributed by atoms with Crippen LogP contribution in [0.15, 0.2) is 23.3 Å². The van der Waals surface area contributed by atoms with Crippen molar-refractivity contribution >= 4 is 0 Å². The molecule has 0 saturated heterocycles. The van der Waals surface area contributed by atoms with Gasteiger partial charge in [0.1, 0.15) is 0 Å². The van der Waals surface area contributed by atoms with Crippen molar-refractivity contribution in [2.24, 2.45) is 17.3 Å². The van der Waals surface area contributed by atoms with E-state index in [2.05, 4.69) is 0 Å². The molecule has 0 aromatic rings. The number of allylic oxidation sites excluding steroid dienone is 4. The van der Waals surface area contributed by atoms with Crippen LogP contribution in [-0.2, 0) is 0 Å². The van der Waals surface area contributed by atoms with Gasteiger partial charge in [-0.15, -0.1) is 0 Å². The molecule has 0 bridgehead atoms. The average Bonchev–Trinajstić information content (AvgIpc) is 2.96. The summed E-state index contributed by atoms with van der Waals surface area (Å²) in [4.78, 5) is 0. The Morgan fingerprint density at radius 2 is 1.76 bits per heavy atom. The Morgan fingerprint density at radius 1 is 1.18 bits per heavy atom. The molecule has 0 aliphatic heterocycles. The predicted octanol–water partition coefficient (Wildman–Crippen LogP) is 2.66. The zero-order valence-electron chi connectivity index (χ0n) is 8.37. The summed E-state index contributed by atoms with van der Waals surface area (Å²) in [6.45, 7) is 0. The van der Waals surface area contributed by atoms with Gasteiger partial charge in [-0.25, -0.2) is 17.6 Å². The quantitative estimate of drug-likeness (QED) is 0.699. The lowest BCUT2D eigenvalue weighted by Gasteiger charge is -2.13. The molecule has 2 unspecified atom stereocenters. The van der Waals surface area contributed by atoms with E-state index in [-0.39, 0.29) is 5.57 Å². The highest BCUT2D eigenvalue weighted by atomic mass is 19.3. The third-order valence-corrected chi connectivity index (χ3v) is 3.19. The van der Waals surface area contributed by atoms with Gasteiger partial charge >= 0.3 is 0 Å². The maximum Gasteiger partial charge on any atom is 0.263 e. The second-order valence-corrected chi connectivity index (χ2v) is 3.95. The van der Waals surface area contributed by atoms with E-state index in [9.17, 15) is 17.6 Å². The Morgan fingerprint density at radius 3 is 2.18 bits per heavy atom. The molecule has 2 aliphatic carbocycles. The van der Waals surface area contributed by atoms with E-state index < -0.39 is 35.7 Å². The maximum absolute atomic E-state index is 12.7. The van der Waals surface area contributed by atoms with Gasteiger partial charge in [0.05, 0.1) is 12.1 Å².